The molecule has 0 radical (unpaired) electrons. The van der Waals surface area contributed by atoms with Crippen LogP contribution in [-0.2, 0) is 10.9 Å². The summed E-state index contributed by atoms with van der Waals surface area (Å²) >= 11 is 11.7. The number of aromatic nitrogens is 7. The number of benzene rings is 1. The first kappa shape index (κ1) is 28.3. The molecule has 0 bridgehead atoms. The summed E-state index contributed by atoms with van der Waals surface area (Å²) in [6, 6.07) is 2.52. The SMILES string of the molecule is Cc1nc([C@@H]2O[C@H](CO)[C@H](O)[C@H](n3cc(-c4ncc(Cl)cc4F)nn3)[C@H]2O)n(-c2cc(Cl)ccc2C(F)(F)F)n1. The number of hydrogen-bond donors (Lipinski definition) is 3. The van der Waals surface area contributed by atoms with Crippen LogP contribution in [0.15, 0.2) is 36.7 Å². The van der Waals surface area contributed by atoms with E-state index in [-0.39, 0.29) is 33.1 Å². The van der Waals surface area contributed by atoms with Gasteiger partial charge in [-0.25, -0.2) is 23.7 Å². The van der Waals surface area contributed by atoms with Crippen molar-refractivity contribution in [3.05, 3.63) is 69.7 Å². The Labute approximate surface area is 232 Å². The molecule has 0 unspecified atom stereocenters. The maximum atomic E-state index is 14.4. The van der Waals surface area contributed by atoms with Crippen molar-refractivity contribution in [3.63, 3.8) is 0 Å². The van der Waals surface area contributed by atoms with E-state index in [1.165, 1.54) is 19.3 Å². The third-order valence-electron chi connectivity index (χ3n) is 6.24. The van der Waals surface area contributed by atoms with Gasteiger partial charge in [0.25, 0.3) is 0 Å². The highest BCUT2D eigenvalue weighted by Crippen LogP contribution is 2.41. The summed E-state index contributed by atoms with van der Waals surface area (Å²) < 4.78 is 63.6. The number of ether oxygens (including phenoxy) is 1. The van der Waals surface area contributed by atoms with Gasteiger partial charge in [-0.05, 0) is 31.2 Å². The molecule has 5 atom stereocenters. The van der Waals surface area contributed by atoms with Gasteiger partial charge in [-0.15, -0.1) is 5.10 Å². The first-order chi connectivity index (χ1) is 18.9. The number of aliphatic hydroxyl groups is 3. The molecule has 1 fully saturated rings. The van der Waals surface area contributed by atoms with Crippen LogP contribution in [0.25, 0.3) is 17.1 Å². The molecule has 1 aromatic carbocycles. The van der Waals surface area contributed by atoms with E-state index in [0.29, 0.717) is 0 Å². The highest BCUT2D eigenvalue weighted by molar-refractivity contribution is 6.31. The molecule has 212 valence electrons. The average Bonchev–Trinajstić information content (AvgIpc) is 3.50. The maximum absolute atomic E-state index is 14.4. The van der Waals surface area contributed by atoms with Crippen LogP contribution in [0, 0.1) is 12.7 Å². The minimum absolute atomic E-state index is 0.0214. The van der Waals surface area contributed by atoms with Crippen LogP contribution in [0.3, 0.4) is 0 Å². The summed E-state index contributed by atoms with van der Waals surface area (Å²) in [6.07, 6.45) is -8.57. The fourth-order valence-electron chi connectivity index (χ4n) is 4.47. The number of nitrogens with zero attached hydrogens (tertiary/aromatic N) is 7. The summed E-state index contributed by atoms with van der Waals surface area (Å²) in [5.41, 5.74) is -1.84. The Morgan fingerprint density at radius 1 is 1.10 bits per heavy atom. The van der Waals surface area contributed by atoms with Crippen molar-refractivity contribution in [1.29, 1.82) is 0 Å². The molecule has 1 aliphatic rings. The lowest BCUT2D eigenvalue weighted by Crippen LogP contribution is -2.53. The van der Waals surface area contributed by atoms with E-state index in [0.717, 1.165) is 33.6 Å². The molecule has 0 amide bonds. The number of aryl methyl sites for hydroxylation is 1. The molecule has 0 spiro atoms. The third-order valence-corrected chi connectivity index (χ3v) is 6.69. The van der Waals surface area contributed by atoms with E-state index in [9.17, 15) is 32.9 Å². The second-order valence-electron chi connectivity index (χ2n) is 8.91. The number of hydrogen-bond acceptors (Lipinski definition) is 9. The Morgan fingerprint density at radius 2 is 1.85 bits per heavy atom. The zero-order valence-electron chi connectivity index (χ0n) is 20.2. The zero-order chi connectivity index (χ0) is 28.9. The van der Waals surface area contributed by atoms with Gasteiger partial charge < -0.3 is 20.1 Å². The Kier molecular flexibility index (Phi) is 7.54. The van der Waals surface area contributed by atoms with E-state index in [1.807, 2.05) is 0 Å². The second-order valence-corrected chi connectivity index (χ2v) is 9.78. The molecule has 17 heteroatoms. The average molecular weight is 604 g/mol. The molecule has 1 saturated heterocycles. The predicted molar refractivity (Wildman–Crippen MR) is 130 cm³/mol. The molecule has 3 aromatic heterocycles. The number of aliphatic hydroxyl groups excluding tert-OH is 3. The molecule has 3 N–H and O–H groups in total. The van der Waals surface area contributed by atoms with Crippen LogP contribution < -0.4 is 0 Å². The summed E-state index contributed by atoms with van der Waals surface area (Å²) in [6.45, 7) is 0.675. The van der Waals surface area contributed by atoms with Crippen LogP contribution in [0.4, 0.5) is 17.6 Å². The minimum atomic E-state index is -4.79. The van der Waals surface area contributed by atoms with Gasteiger partial charge >= 0.3 is 6.18 Å². The van der Waals surface area contributed by atoms with E-state index in [2.05, 4.69) is 25.4 Å². The molecule has 40 heavy (non-hydrogen) atoms. The summed E-state index contributed by atoms with van der Waals surface area (Å²) in [5.74, 6) is -1.03. The van der Waals surface area contributed by atoms with Crippen LogP contribution in [-0.4, -0.2) is 75.0 Å². The van der Waals surface area contributed by atoms with Gasteiger partial charge in [0.05, 0.1) is 29.1 Å². The molecule has 4 aromatic rings. The molecule has 1 aliphatic heterocycles. The minimum Gasteiger partial charge on any atom is -0.394 e. The fraction of sp³-hybridized carbons (Fsp3) is 0.348. The van der Waals surface area contributed by atoms with Crippen LogP contribution in [0.1, 0.15) is 29.4 Å². The van der Waals surface area contributed by atoms with E-state index in [1.54, 1.807) is 0 Å². The Balaban J connectivity index is 1.58. The number of rotatable bonds is 5. The summed E-state index contributed by atoms with van der Waals surface area (Å²) in [7, 11) is 0. The molecule has 4 heterocycles. The van der Waals surface area contributed by atoms with Gasteiger partial charge in [0.15, 0.2) is 11.6 Å². The van der Waals surface area contributed by atoms with Crippen molar-refractivity contribution in [2.75, 3.05) is 6.61 Å². The lowest BCUT2D eigenvalue weighted by molar-refractivity contribution is -0.210. The van der Waals surface area contributed by atoms with Crippen LogP contribution >= 0.6 is 23.2 Å². The number of pyridine rings is 1. The topological polar surface area (TPSA) is 144 Å². The Morgan fingerprint density at radius 3 is 2.52 bits per heavy atom. The third kappa shape index (κ3) is 5.15. The standard InChI is InChI=1S/C23H19Cl2F4N7O4/c1-9-31-22(36(33-9)15-5-10(24)2-3-12(15)23(27,28)29)21-20(39)18(19(38)16(8-37)40-21)35-7-14(32-34-35)17-13(26)4-11(25)6-30-17/h2-7,16,18-21,37-39H,8H2,1H3/t16-,18+,19+,20-,21-/m1/s1. The summed E-state index contributed by atoms with van der Waals surface area (Å²) in [4.78, 5) is 8.07. The van der Waals surface area contributed by atoms with Gasteiger partial charge in [-0.1, -0.05) is 28.4 Å². The second kappa shape index (κ2) is 10.6. The number of halogens is 6. The summed E-state index contributed by atoms with van der Waals surface area (Å²) in [5, 5.41) is 44.0. The van der Waals surface area contributed by atoms with Gasteiger partial charge in [-0.2, -0.15) is 18.3 Å². The van der Waals surface area contributed by atoms with E-state index >= 15 is 0 Å². The zero-order valence-corrected chi connectivity index (χ0v) is 21.7. The maximum Gasteiger partial charge on any atom is 0.418 e. The predicted octanol–water partition coefficient (Wildman–Crippen LogP) is 3.09. The van der Waals surface area contributed by atoms with Crippen molar-refractivity contribution >= 4 is 23.2 Å². The number of alkyl halides is 3. The Hall–Kier alpha value is -3.21. The molecule has 11 nitrogen and oxygen atoms in total. The monoisotopic (exact) mass is 603 g/mol. The van der Waals surface area contributed by atoms with E-state index < -0.39 is 60.3 Å². The van der Waals surface area contributed by atoms with Crippen molar-refractivity contribution < 1.29 is 37.6 Å². The van der Waals surface area contributed by atoms with Crippen molar-refractivity contribution in [1.82, 2.24) is 34.7 Å². The Bertz CT molecular complexity index is 1550. The largest absolute Gasteiger partial charge is 0.418 e. The lowest BCUT2D eigenvalue weighted by atomic mass is 9.92. The normalized spacial score (nSPS) is 23.5. The smallest absolute Gasteiger partial charge is 0.394 e. The van der Waals surface area contributed by atoms with Crippen molar-refractivity contribution in [3.8, 4) is 17.1 Å². The van der Waals surface area contributed by atoms with Crippen LogP contribution in [0.5, 0.6) is 0 Å². The fourth-order valence-corrected chi connectivity index (χ4v) is 4.79. The van der Waals surface area contributed by atoms with Crippen molar-refractivity contribution in [2.45, 2.75) is 43.6 Å². The van der Waals surface area contributed by atoms with Gasteiger partial charge in [0.2, 0.25) is 0 Å². The molecular formula is C23H19Cl2F4N7O4. The van der Waals surface area contributed by atoms with Crippen LogP contribution in [0.2, 0.25) is 10.0 Å². The first-order valence-electron chi connectivity index (χ1n) is 11.6. The highest BCUT2D eigenvalue weighted by atomic mass is 35.5. The highest BCUT2D eigenvalue weighted by Gasteiger charge is 2.49. The van der Waals surface area contributed by atoms with Crippen molar-refractivity contribution in [2.24, 2.45) is 0 Å². The quantitative estimate of drug-likeness (QED) is 0.293. The first-order valence-corrected chi connectivity index (χ1v) is 12.3. The van der Waals surface area contributed by atoms with Gasteiger partial charge in [0.1, 0.15) is 47.7 Å². The van der Waals surface area contributed by atoms with Gasteiger partial charge in [-0.3, -0.25) is 0 Å². The molecule has 0 saturated carbocycles. The van der Waals surface area contributed by atoms with E-state index in [4.69, 9.17) is 27.9 Å². The molecule has 5 rings (SSSR count). The molecule has 0 aliphatic carbocycles. The lowest BCUT2D eigenvalue weighted by Gasteiger charge is -2.41. The van der Waals surface area contributed by atoms with Gasteiger partial charge in [0, 0.05) is 11.2 Å². The molecular weight excluding hydrogens is 585 g/mol.